The van der Waals surface area contributed by atoms with Crippen molar-refractivity contribution in [1.29, 1.82) is 0 Å². The van der Waals surface area contributed by atoms with Crippen LogP contribution in [0.4, 0.5) is 0 Å². The van der Waals surface area contributed by atoms with Crippen molar-refractivity contribution < 1.29 is 0 Å². The molecule has 6 nitrogen and oxygen atoms in total. The van der Waals surface area contributed by atoms with E-state index in [0.29, 0.717) is 11.9 Å². The van der Waals surface area contributed by atoms with Gasteiger partial charge >= 0.3 is 0 Å². The van der Waals surface area contributed by atoms with Gasteiger partial charge in [-0.1, -0.05) is 0 Å². The van der Waals surface area contributed by atoms with Gasteiger partial charge in [0.15, 0.2) is 0 Å². The third-order valence-electron chi connectivity index (χ3n) is 4.38. The van der Waals surface area contributed by atoms with Crippen LogP contribution in [0.3, 0.4) is 0 Å². The van der Waals surface area contributed by atoms with Crippen molar-refractivity contribution >= 4 is 21.4 Å². The van der Waals surface area contributed by atoms with E-state index < -0.39 is 0 Å². The van der Waals surface area contributed by atoms with Crippen LogP contribution in [0.1, 0.15) is 0 Å². The lowest BCUT2D eigenvalue weighted by Crippen LogP contribution is -2.29. The zero-order valence-electron chi connectivity index (χ0n) is 15.2. The summed E-state index contributed by atoms with van der Waals surface area (Å²) in [5.74, 6) is 0. The van der Waals surface area contributed by atoms with Crippen LogP contribution in [-0.2, 0) is 6.54 Å². The summed E-state index contributed by atoms with van der Waals surface area (Å²) in [6.07, 6.45) is 6.98. The lowest BCUT2D eigenvalue weighted by atomic mass is 10.1. The Hall–Kier alpha value is -2.90. The second kappa shape index (κ2) is 7.38. The quantitative estimate of drug-likeness (QED) is 0.535. The molecule has 4 heterocycles. The average molecular weight is 377 g/mol. The van der Waals surface area contributed by atoms with Crippen LogP contribution < -0.4 is 5.56 Å². The Morgan fingerprint density at radius 1 is 1.00 bits per heavy atom. The average Bonchev–Trinajstić information content (AvgIpc) is 3.14. The van der Waals surface area contributed by atoms with Gasteiger partial charge in [0, 0.05) is 47.8 Å². The third kappa shape index (κ3) is 3.39. The molecule has 0 N–H and O–H groups in total. The maximum Gasteiger partial charge on any atom is 0.276 e. The van der Waals surface area contributed by atoms with E-state index in [2.05, 4.69) is 9.97 Å². The molecule has 0 saturated heterocycles. The van der Waals surface area contributed by atoms with E-state index in [1.54, 1.807) is 40.8 Å². The molecule has 0 aliphatic heterocycles. The van der Waals surface area contributed by atoms with E-state index in [-0.39, 0.29) is 5.56 Å². The minimum absolute atomic E-state index is 0.0577. The largest absolute Gasteiger partial charge is 0.308 e. The molecule has 4 aromatic rings. The number of aromatic nitrogens is 4. The highest BCUT2D eigenvalue weighted by atomic mass is 32.1. The van der Waals surface area contributed by atoms with Crippen molar-refractivity contribution in [3.05, 3.63) is 64.8 Å². The van der Waals surface area contributed by atoms with Gasteiger partial charge in [-0.15, -0.1) is 11.3 Å². The minimum atomic E-state index is -0.0577. The SMILES string of the molecule is CN(C)CCn1nc(-c2ccncc2)c2scc(-c3ccncc3)c2c1=O. The Bertz CT molecular complexity index is 1120. The molecule has 0 fully saturated rings. The Labute approximate surface area is 160 Å². The van der Waals surface area contributed by atoms with Crippen LogP contribution in [0.5, 0.6) is 0 Å². The van der Waals surface area contributed by atoms with Gasteiger partial charge in [-0.05, 0) is 43.9 Å². The number of pyridine rings is 2. The van der Waals surface area contributed by atoms with Gasteiger partial charge in [0.1, 0.15) is 5.69 Å². The lowest BCUT2D eigenvalue weighted by Gasteiger charge is -2.13. The topological polar surface area (TPSA) is 63.9 Å². The summed E-state index contributed by atoms with van der Waals surface area (Å²) in [6, 6.07) is 7.71. The predicted octanol–water partition coefficient (Wildman–Crippen LogP) is 3.14. The van der Waals surface area contributed by atoms with Crippen molar-refractivity contribution in [3.8, 4) is 22.4 Å². The van der Waals surface area contributed by atoms with Crippen molar-refractivity contribution in [2.75, 3.05) is 20.6 Å². The van der Waals surface area contributed by atoms with Gasteiger partial charge in [0.25, 0.3) is 5.56 Å². The van der Waals surface area contributed by atoms with Crippen molar-refractivity contribution in [1.82, 2.24) is 24.6 Å². The number of thiophene rings is 1. The smallest absolute Gasteiger partial charge is 0.276 e. The van der Waals surface area contributed by atoms with E-state index >= 15 is 0 Å². The fourth-order valence-corrected chi connectivity index (χ4v) is 4.05. The highest BCUT2D eigenvalue weighted by Crippen LogP contribution is 2.36. The van der Waals surface area contributed by atoms with Crippen molar-refractivity contribution in [3.63, 3.8) is 0 Å². The maximum atomic E-state index is 13.2. The van der Waals surface area contributed by atoms with E-state index in [9.17, 15) is 4.79 Å². The third-order valence-corrected chi connectivity index (χ3v) is 5.37. The molecule has 0 radical (unpaired) electrons. The monoisotopic (exact) mass is 377 g/mol. The van der Waals surface area contributed by atoms with E-state index in [0.717, 1.165) is 33.6 Å². The first-order chi connectivity index (χ1) is 13.1. The van der Waals surface area contributed by atoms with Gasteiger partial charge < -0.3 is 4.90 Å². The van der Waals surface area contributed by atoms with Crippen LogP contribution in [0.2, 0.25) is 0 Å². The number of nitrogens with zero attached hydrogens (tertiary/aromatic N) is 5. The van der Waals surface area contributed by atoms with E-state index in [1.165, 1.54) is 0 Å². The normalized spacial score (nSPS) is 11.4. The number of hydrogen-bond acceptors (Lipinski definition) is 6. The van der Waals surface area contributed by atoms with Gasteiger partial charge in [0.2, 0.25) is 0 Å². The first-order valence-corrected chi connectivity index (χ1v) is 9.51. The Balaban J connectivity index is 1.99. The van der Waals surface area contributed by atoms with Crippen LogP contribution in [0, 0.1) is 0 Å². The summed E-state index contributed by atoms with van der Waals surface area (Å²) < 4.78 is 2.48. The van der Waals surface area contributed by atoms with E-state index in [1.807, 2.05) is 48.6 Å². The van der Waals surface area contributed by atoms with E-state index in [4.69, 9.17) is 5.10 Å². The maximum absolute atomic E-state index is 13.2. The van der Waals surface area contributed by atoms with Gasteiger partial charge in [-0.3, -0.25) is 14.8 Å². The van der Waals surface area contributed by atoms with Crippen molar-refractivity contribution in [2.45, 2.75) is 6.54 Å². The fraction of sp³-hybridized carbons (Fsp3) is 0.200. The highest BCUT2D eigenvalue weighted by Gasteiger charge is 2.18. The molecule has 0 aliphatic carbocycles. The first-order valence-electron chi connectivity index (χ1n) is 8.63. The second-order valence-corrected chi connectivity index (χ2v) is 7.39. The molecular formula is C20H19N5OS. The lowest BCUT2D eigenvalue weighted by molar-refractivity contribution is 0.369. The number of hydrogen-bond donors (Lipinski definition) is 0. The molecule has 27 heavy (non-hydrogen) atoms. The molecule has 0 bridgehead atoms. The molecule has 0 aromatic carbocycles. The molecule has 0 amide bonds. The minimum Gasteiger partial charge on any atom is -0.308 e. The molecule has 0 unspecified atom stereocenters. The number of fused-ring (bicyclic) bond motifs is 1. The standard InChI is InChI=1S/C20H19N5OS/c1-24(2)11-12-25-20(26)17-16(14-3-7-21-8-4-14)13-27-19(17)18(23-25)15-5-9-22-10-6-15/h3-10,13H,11-12H2,1-2H3. The summed E-state index contributed by atoms with van der Waals surface area (Å²) in [7, 11) is 3.97. The molecule has 136 valence electrons. The Kier molecular flexibility index (Phi) is 4.79. The number of likely N-dealkylation sites (N-methyl/N-ethyl adjacent to an activating group) is 1. The highest BCUT2D eigenvalue weighted by molar-refractivity contribution is 7.18. The van der Waals surface area contributed by atoms with Crippen LogP contribution in [-0.4, -0.2) is 45.3 Å². The Morgan fingerprint density at radius 2 is 1.63 bits per heavy atom. The summed E-state index contributed by atoms with van der Waals surface area (Å²) >= 11 is 1.55. The summed E-state index contributed by atoms with van der Waals surface area (Å²) in [5.41, 5.74) is 3.63. The van der Waals surface area contributed by atoms with Gasteiger partial charge in [-0.2, -0.15) is 5.10 Å². The van der Waals surface area contributed by atoms with Crippen LogP contribution in [0.25, 0.3) is 32.5 Å². The molecule has 0 atom stereocenters. The first kappa shape index (κ1) is 17.5. The fourth-order valence-electron chi connectivity index (χ4n) is 2.97. The summed E-state index contributed by atoms with van der Waals surface area (Å²) in [4.78, 5) is 23.5. The van der Waals surface area contributed by atoms with Gasteiger partial charge in [-0.25, -0.2) is 4.68 Å². The summed E-state index contributed by atoms with van der Waals surface area (Å²) in [6.45, 7) is 1.27. The Morgan fingerprint density at radius 3 is 2.26 bits per heavy atom. The molecular weight excluding hydrogens is 358 g/mol. The zero-order valence-corrected chi connectivity index (χ0v) is 16.0. The van der Waals surface area contributed by atoms with Crippen molar-refractivity contribution in [2.24, 2.45) is 0 Å². The molecule has 0 spiro atoms. The van der Waals surface area contributed by atoms with Crippen LogP contribution >= 0.6 is 11.3 Å². The molecule has 7 heteroatoms. The molecule has 0 aliphatic rings. The number of rotatable bonds is 5. The summed E-state index contributed by atoms with van der Waals surface area (Å²) in [5, 5.41) is 7.44. The second-order valence-electron chi connectivity index (χ2n) is 6.51. The zero-order chi connectivity index (χ0) is 18.8. The predicted molar refractivity (Wildman–Crippen MR) is 109 cm³/mol. The molecule has 4 aromatic heterocycles. The molecule has 0 saturated carbocycles. The van der Waals surface area contributed by atoms with Gasteiger partial charge in [0.05, 0.1) is 16.6 Å². The van der Waals surface area contributed by atoms with Crippen LogP contribution in [0.15, 0.2) is 59.2 Å². The molecule has 4 rings (SSSR count).